The molecular formula is C22H13F3N2O3. The quantitative estimate of drug-likeness (QED) is 0.476. The Labute approximate surface area is 168 Å². The summed E-state index contributed by atoms with van der Waals surface area (Å²) in [6.45, 7) is 0. The molecule has 5 nitrogen and oxygen atoms in total. The number of benzene rings is 3. The fraction of sp³-hybridized carbons (Fsp3) is 0. The molecule has 0 atom stereocenters. The van der Waals surface area contributed by atoms with E-state index >= 15 is 0 Å². The summed E-state index contributed by atoms with van der Waals surface area (Å²) in [7, 11) is 0. The van der Waals surface area contributed by atoms with Crippen LogP contribution in [0.3, 0.4) is 0 Å². The Morgan fingerprint density at radius 1 is 0.767 bits per heavy atom. The van der Waals surface area contributed by atoms with Gasteiger partial charge in [-0.15, -0.1) is 0 Å². The van der Waals surface area contributed by atoms with E-state index < -0.39 is 29.3 Å². The Balaban J connectivity index is 1.69. The summed E-state index contributed by atoms with van der Waals surface area (Å²) in [5.74, 6) is -4.35. The highest BCUT2D eigenvalue weighted by Gasteiger charge is 2.23. The van der Waals surface area contributed by atoms with Gasteiger partial charge in [0.25, 0.3) is 11.8 Å². The Bertz CT molecular complexity index is 1270. The zero-order valence-corrected chi connectivity index (χ0v) is 15.2. The molecule has 30 heavy (non-hydrogen) atoms. The molecule has 8 heteroatoms. The second-order valence-corrected chi connectivity index (χ2v) is 6.35. The summed E-state index contributed by atoms with van der Waals surface area (Å²) >= 11 is 0. The van der Waals surface area contributed by atoms with Crippen molar-refractivity contribution in [3.05, 3.63) is 95.5 Å². The van der Waals surface area contributed by atoms with E-state index in [9.17, 15) is 22.8 Å². The fourth-order valence-corrected chi connectivity index (χ4v) is 2.87. The van der Waals surface area contributed by atoms with E-state index in [-0.39, 0.29) is 17.0 Å². The minimum absolute atomic E-state index is 0.0694. The van der Waals surface area contributed by atoms with Gasteiger partial charge in [-0.3, -0.25) is 9.59 Å². The molecule has 4 rings (SSSR count). The van der Waals surface area contributed by atoms with E-state index in [1.165, 1.54) is 24.3 Å². The lowest BCUT2D eigenvalue weighted by Gasteiger charge is -2.08. The summed E-state index contributed by atoms with van der Waals surface area (Å²) in [5, 5.41) is 5.53. The van der Waals surface area contributed by atoms with Gasteiger partial charge in [0.1, 0.15) is 17.1 Å². The first kappa shape index (κ1) is 19.3. The molecule has 0 bridgehead atoms. The Morgan fingerprint density at radius 3 is 2.23 bits per heavy atom. The molecule has 2 amide bonds. The number of fused-ring (bicyclic) bond motifs is 1. The van der Waals surface area contributed by atoms with Crippen LogP contribution < -0.4 is 10.6 Å². The van der Waals surface area contributed by atoms with Crippen molar-refractivity contribution >= 4 is 34.2 Å². The van der Waals surface area contributed by atoms with Crippen molar-refractivity contribution in [1.29, 1.82) is 0 Å². The first-order chi connectivity index (χ1) is 14.4. The zero-order chi connectivity index (χ0) is 21.3. The van der Waals surface area contributed by atoms with Crippen LogP contribution in [0.25, 0.3) is 11.0 Å². The van der Waals surface area contributed by atoms with Gasteiger partial charge < -0.3 is 15.1 Å². The van der Waals surface area contributed by atoms with Gasteiger partial charge in [0, 0.05) is 16.6 Å². The lowest BCUT2D eigenvalue weighted by Crippen LogP contribution is -2.17. The molecule has 0 radical (unpaired) electrons. The third-order valence-corrected chi connectivity index (χ3v) is 4.32. The smallest absolute Gasteiger partial charge is 0.293 e. The molecule has 1 aromatic heterocycles. The number of amides is 2. The predicted molar refractivity (Wildman–Crippen MR) is 105 cm³/mol. The average Bonchev–Trinajstić information content (AvgIpc) is 3.10. The van der Waals surface area contributed by atoms with Crippen LogP contribution in [0.15, 0.2) is 71.1 Å². The summed E-state index contributed by atoms with van der Waals surface area (Å²) in [4.78, 5) is 25.3. The summed E-state index contributed by atoms with van der Waals surface area (Å²) in [6.07, 6.45) is 0. The van der Waals surface area contributed by atoms with Crippen molar-refractivity contribution in [3.63, 3.8) is 0 Å². The van der Waals surface area contributed by atoms with Crippen LogP contribution in [0.5, 0.6) is 0 Å². The van der Waals surface area contributed by atoms with Crippen LogP contribution in [0.1, 0.15) is 20.9 Å². The Hall–Kier alpha value is -4.07. The van der Waals surface area contributed by atoms with E-state index in [0.29, 0.717) is 16.7 Å². The molecule has 0 unspecified atom stereocenters. The largest absolute Gasteiger partial charge is 0.449 e. The maximum Gasteiger partial charge on any atom is 0.293 e. The summed E-state index contributed by atoms with van der Waals surface area (Å²) in [5.41, 5.74) is 0.589. The second-order valence-electron chi connectivity index (χ2n) is 6.35. The maximum atomic E-state index is 13.5. The van der Waals surface area contributed by atoms with Crippen molar-refractivity contribution in [2.24, 2.45) is 0 Å². The van der Waals surface area contributed by atoms with Crippen molar-refractivity contribution in [1.82, 2.24) is 0 Å². The van der Waals surface area contributed by atoms with Gasteiger partial charge in [-0.2, -0.15) is 0 Å². The van der Waals surface area contributed by atoms with Crippen LogP contribution in [0, 0.1) is 17.5 Å². The van der Waals surface area contributed by atoms with E-state index in [1.807, 2.05) is 0 Å². The standard InChI is InChI=1S/C22H13F3N2O3/c23-13-6-8-14(9-7-13)26-22(29)20-19(15-3-1-2-4-18(15)30-20)27-21(28)12-5-10-16(24)17(25)11-12/h1-11H,(H,26,29)(H,27,28). The van der Waals surface area contributed by atoms with Crippen molar-refractivity contribution in [2.75, 3.05) is 10.6 Å². The molecule has 0 saturated heterocycles. The maximum absolute atomic E-state index is 13.5. The third-order valence-electron chi connectivity index (χ3n) is 4.32. The highest BCUT2D eigenvalue weighted by Crippen LogP contribution is 2.32. The van der Waals surface area contributed by atoms with Crippen LogP contribution in [-0.2, 0) is 0 Å². The van der Waals surface area contributed by atoms with Gasteiger partial charge in [-0.05, 0) is 54.6 Å². The zero-order valence-electron chi connectivity index (χ0n) is 15.2. The summed E-state index contributed by atoms with van der Waals surface area (Å²) < 4.78 is 45.3. The second kappa shape index (κ2) is 7.75. The van der Waals surface area contributed by atoms with Gasteiger partial charge in [-0.1, -0.05) is 12.1 Å². The molecule has 0 aliphatic rings. The molecule has 1 heterocycles. The number of para-hydroxylation sites is 1. The molecule has 0 aliphatic carbocycles. The van der Waals surface area contributed by atoms with E-state index in [2.05, 4.69) is 10.6 Å². The Morgan fingerprint density at radius 2 is 1.50 bits per heavy atom. The number of furan rings is 1. The van der Waals surface area contributed by atoms with Gasteiger partial charge in [-0.25, -0.2) is 13.2 Å². The van der Waals surface area contributed by atoms with E-state index in [4.69, 9.17) is 4.42 Å². The lowest BCUT2D eigenvalue weighted by molar-refractivity contribution is 0.0999. The molecule has 0 spiro atoms. The number of hydrogen-bond donors (Lipinski definition) is 2. The highest BCUT2D eigenvalue weighted by atomic mass is 19.2. The molecule has 0 aliphatic heterocycles. The fourth-order valence-electron chi connectivity index (χ4n) is 2.87. The predicted octanol–water partition coefficient (Wildman–Crippen LogP) is 5.35. The molecule has 4 aromatic rings. The average molecular weight is 410 g/mol. The number of hydrogen-bond acceptors (Lipinski definition) is 3. The Kier molecular flexibility index (Phi) is 4.97. The topological polar surface area (TPSA) is 71.3 Å². The number of anilines is 2. The van der Waals surface area contributed by atoms with Gasteiger partial charge in [0.05, 0.1) is 0 Å². The van der Waals surface area contributed by atoms with E-state index in [0.717, 1.165) is 18.2 Å². The van der Waals surface area contributed by atoms with Gasteiger partial charge in [0.15, 0.2) is 11.6 Å². The minimum atomic E-state index is -1.17. The first-order valence-corrected chi connectivity index (χ1v) is 8.77. The van der Waals surface area contributed by atoms with Crippen molar-refractivity contribution in [2.45, 2.75) is 0 Å². The van der Waals surface area contributed by atoms with Crippen LogP contribution in [0.2, 0.25) is 0 Å². The first-order valence-electron chi connectivity index (χ1n) is 8.77. The number of carbonyl (C=O) groups is 2. The minimum Gasteiger partial charge on any atom is -0.449 e. The molecular weight excluding hydrogens is 397 g/mol. The highest BCUT2D eigenvalue weighted by molar-refractivity contribution is 6.16. The SMILES string of the molecule is O=C(Nc1c(C(=O)Nc2ccc(F)cc2)oc2ccccc12)c1ccc(F)c(F)c1. The van der Waals surface area contributed by atoms with Gasteiger partial charge >= 0.3 is 0 Å². The monoisotopic (exact) mass is 410 g/mol. The number of rotatable bonds is 4. The number of nitrogens with one attached hydrogen (secondary N) is 2. The van der Waals surface area contributed by atoms with E-state index in [1.54, 1.807) is 24.3 Å². The molecule has 0 fully saturated rings. The molecule has 3 aromatic carbocycles. The van der Waals surface area contributed by atoms with Crippen LogP contribution in [-0.4, -0.2) is 11.8 Å². The third kappa shape index (κ3) is 3.75. The number of halogens is 3. The van der Waals surface area contributed by atoms with Crippen molar-refractivity contribution < 1.29 is 27.2 Å². The number of carbonyl (C=O) groups excluding carboxylic acids is 2. The molecule has 0 saturated carbocycles. The van der Waals surface area contributed by atoms with Gasteiger partial charge in [0.2, 0.25) is 5.76 Å². The lowest BCUT2D eigenvalue weighted by atomic mass is 10.1. The normalized spacial score (nSPS) is 10.8. The van der Waals surface area contributed by atoms with Crippen LogP contribution >= 0.6 is 0 Å². The summed E-state index contributed by atoms with van der Waals surface area (Å²) in [6, 6.07) is 14.4. The molecule has 150 valence electrons. The van der Waals surface area contributed by atoms with Crippen molar-refractivity contribution in [3.8, 4) is 0 Å². The van der Waals surface area contributed by atoms with Crippen LogP contribution in [0.4, 0.5) is 24.5 Å². The molecule has 2 N–H and O–H groups in total.